The molecule has 6 bridgehead atoms. The van der Waals surface area contributed by atoms with Crippen LogP contribution in [0.25, 0.3) is 33.4 Å². The summed E-state index contributed by atoms with van der Waals surface area (Å²) in [5.74, 6) is 0.289. The molecular weight excluding hydrogens is 795 g/mol. The molecule has 1 aliphatic carbocycles. The summed E-state index contributed by atoms with van der Waals surface area (Å²) in [5, 5.41) is 8.36. The van der Waals surface area contributed by atoms with Gasteiger partial charge in [-0.05, 0) is 75.6 Å². The van der Waals surface area contributed by atoms with E-state index in [4.69, 9.17) is 28.9 Å². The van der Waals surface area contributed by atoms with Crippen LogP contribution >= 0.6 is 11.3 Å². The number of aromatic nitrogens is 3. The smallest absolute Gasteiger partial charge is 0.324 e. The van der Waals surface area contributed by atoms with Gasteiger partial charge in [-0.2, -0.15) is 0 Å². The molecule has 0 spiro atoms. The number of benzene rings is 1. The molecule has 326 valence electrons. The zero-order valence-corrected chi connectivity index (χ0v) is 37.4. The van der Waals surface area contributed by atoms with Crippen LogP contribution in [0.3, 0.4) is 0 Å². The number of hydrogen-bond acceptors (Lipinski definition) is 12. The summed E-state index contributed by atoms with van der Waals surface area (Å²) in [6.45, 7) is 18.6. The first kappa shape index (κ1) is 41.8. The average molecular weight is 854 g/mol. The second-order valence-corrected chi connectivity index (χ2v) is 20.1. The number of methoxy groups -OCH3 is 1. The highest BCUT2D eigenvalue weighted by atomic mass is 32.1. The maximum Gasteiger partial charge on any atom is 0.324 e. The Morgan fingerprint density at radius 1 is 1.08 bits per heavy atom. The normalized spacial score (nSPS) is 26.6. The number of morpholine rings is 1. The molecule has 4 aliphatic heterocycles. The SMILES string of the molecule is CO[C@@H](C)c1ncc(N2CCOCC2)cc1-c1c2c3cc(cc4c3n1CC(C)(C)O4)-c1csc(n1)C[C@H](NC(=O)C1[C@@H](C)[C@H]1C)C(=O)N1CCC[C@H](N1)C(=O)OCC(C)(C)C2. The van der Waals surface area contributed by atoms with Crippen molar-refractivity contribution < 1.29 is 33.3 Å². The number of anilines is 1. The Bertz CT molecular complexity index is 2360. The maximum atomic E-state index is 14.3. The van der Waals surface area contributed by atoms with E-state index >= 15 is 0 Å². The van der Waals surface area contributed by atoms with Gasteiger partial charge in [-0.25, -0.2) is 10.4 Å². The summed E-state index contributed by atoms with van der Waals surface area (Å²) in [5.41, 5.74) is 9.71. The lowest BCUT2D eigenvalue weighted by molar-refractivity contribution is -0.155. The van der Waals surface area contributed by atoms with E-state index in [9.17, 15) is 14.4 Å². The van der Waals surface area contributed by atoms with Crippen LogP contribution in [0, 0.1) is 23.2 Å². The van der Waals surface area contributed by atoms with Crippen molar-refractivity contribution in [3.63, 3.8) is 0 Å². The van der Waals surface area contributed by atoms with Crippen LogP contribution in [-0.4, -0.2) is 102 Å². The van der Waals surface area contributed by atoms with Crippen molar-refractivity contribution in [1.82, 2.24) is 30.3 Å². The Labute approximate surface area is 361 Å². The Kier molecular flexibility index (Phi) is 10.9. The third-order valence-electron chi connectivity index (χ3n) is 13.4. The van der Waals surface area contributed by atoms with Crippen molar-refractivity contribution in [2.75, 3.05) is 51.5 Å². The van der Waals surface area contributed by atoms with E-state index in [1.165, 1.54) is 16.3 Å². The molecule has 4 aromatic rings. The number of hydrazine groups is 1. The average Bonchev–Trinajstić information content (AvgIpc) is 3.49. The highest BCUT2D eigenvalue weighted by molar-refractivity contribution is 7.10. The molecule has 3 fully saturated rings. The molecule has 2 saturated heterocycles. The van der Waals surface area contributed by atoms with Crippen LogP contribution in [0.15, 0.2) is 29.8 Å². The van der Waals surface area contributed by atoms with Crippen molar-refractivity contribution in [3.8, 4) is 28.3 Å². The second-order valence-electron chi connectivity index (χ2n) is 19.1. The van der Waals surface area contributed by atoms with Gasteiger partial charge in [0.05, 0.1) is 72.0 Å². The predicted molar refractivity (Wildman–Crippen MR) is 233 cm³/mol. The Balaban J connectivity index is 1.22. The van der Waals surface area contributed by atoms with Crippen molar-refractivity contribution in [1.29, 1.82) is 0 Å². The fraction of sp³-hybridized carbons (Fsp3) is 0.587. The number of cyclic esters (lactones) is 1. The Morgan fingerprint density at radius 2 is 1.85 bits per heavy atom. The first-order valence-electron chi connectivity index (χ1n) is 21.8. The number of pyridine rings is 1. The van der Waals surface area contributed by atoms with Gasteiger partial charge in [-0.3, -0.25) is 24.4 Å². The van der Waals surface area contributed by atoms with E-state index < -0.39 is 29.1 Å². The topological polar surface area (TPSA) is 149 Å². The van der Waals surface area contributed by atoms with Gasteiger partial charge in [0, 0.05) is 66.4 Å². The Morgan fingerprint density at radius 3 is 2.59 bits per heavy atom. The summed E-state index contributed by atoms with van der Waals surface area (Å²) in [6, 6.07) is 4.97. The third kappa shape index (κ3) is 8.02. The summed E-state index contributed by atoms with van der Waals surface area (Å²) >= 11 is 1.47. The van der Waals surface area contributed by atoms with Crippen molar-refractivity contribution in [2.24, 2.45) is 23.2 Å². The lowest BCUT2D eigenvalue weighted by Gasteiger charge is -2.35. The van der Waals surface area contributed by atoms with Gasteiger partial charge in [-0.1, -0.05) is 27.7 Å². The van der Waals surface area contributed by atoms with E-state index in [0.29, 0.717) is 45.6 Å². The minimum Gasteiger partial charge on any atom is -0.484 e. The first-order valence-corrected chi connectivity index (χ1v) is 22.7. The minimum absolute atomic E-state index is 0.127. The molecule has 1 saturated carbocycles. The van der Waals surface area contributed by atoms with Crippen LogP contribution in [0.4, 0.5) is 5.69 Å². The second kappa shape index (κ2) is 16.0. The van der Waals surface area contributed by atoms with Gasteiger partial charge < -0.3 is 33.7 Å². The molecular formula is C46H59N7O7S. The highest BCUT2D eigenvalue weighted by Crippen LogP contribution is 2.49. The van der Waals surface area contributed by atoms with Crippen molar-refractivity contribution in [3.05, 3.63) is 46.0 Å². The van der Waals surface area contributed by atoms with Crippen LogP contribution in [0.1, 0.15) is 83.7 Å². The number of esters is 1. The van der Waals surface area contributed by atoms with E-state index in [0.717, 1.165) is 74.2 Å². The number of carbonyl (C=O) groups is 3. The first-order chi connectivity index (χ1) is 29.1. The van der Waals surface area contributed by atoms with E-state index in [2.05, 4.69) is 80.0 Å². The number of fused-ring (bicyclic) bond motifs is 6. The molecule has 2 N–H and O–H groups in total. The molecule has 6 atom stereocenters. The van der Waals surface area contributed by atoms with Crippen LogP contribution in [-0.2, 0) is 48.0 Å². The molecule has 2 amide bonds. The standard InChI is InChI=1S/C46H59N7O7S/c1-25-26(2)38(25)42(54)49-34-19-37-48-35(22-61-37)28-16-30-32(20-45(4,5)24-59-44(56)33-10-9-11-53(50-33)43(34)55)40(52-23-46(6,7)60-36(17-28)41(30)52)31-18-29(51-12-14-58-15-13-51)21-47-39(31)27(3)57-8/h16-18,21-22,25-27,33-34,38,50H,9-15,19-20,23-24H2,1-8H3,(H,49,54)/t25-,26+,27-,33-,34-,38?/m0/s1. The van der Waals surface area contributed by atoms with Gasteiger partial charge in [-0.15, -0.1) is 11.3 Å². The molecule has 14 nitrogen and oxygen atoms in total. The lowest BCUT2D eigenvalue weighted by Crippen LogP contribution is -2.60. The number of nitrogens with zero attached hydrogens (tertiary/aromatic N) is 5. The zero-order valence-electron chi connectivity index (χ0n) is 36.6. The predicted octanol–water partition coefficient (Wildman–Crippen LogP) is 6.09. The number of ether oxygens (including phenoxy) is 4. The quantitative estimate of drug-likeness (QED) is 0.217. The van der Waals surface area contributed by atoms with E-state index in [1.54, 1.807) is 7.11 Å². The third-order valence-corrected chi connectivity index (χ3v) is 14.3. The summed E-state index contributed by atoms with van der Waals surface area (Å²) in [6.07, 6.45) is 3.57. The molecule has 3 aromatic heterocycles. The number of rotatable bonds is 6. The van der Waals surface area contributed by atoms with Gasteiger partial charge in [0.2, 0.25) is 5.91 Å². The van der Waals surface area contributed by atoms with Crippen molar-refractivity contribution in [2.45, 2.75) is 104 Å². The van der Waals surface area contributed by atoms with Crippen molar-refractivity contribution >= 4 is 45.7 Å². The molecule has 7 heterocycles. The molecule has 9 rings (SSSR count). The van der Waals surface area contributed by atoms with Crippen LogP contribution < -0.4 is 20.4 Å². The number of nitrogens with one attached hydrogen (secondary N) is 2. The summed E-state index contributed by atoms with van der Waals surface area (Å²) < 4.78 is 27.1. The number of thiazole rings is 1. The molecule has 1 unspecified atom stereocenters. The fourth-order valence-corrected chi connectivity index (χ4v) is 10.6. The molecule has 5 aliphatic rings. The monoisotopic (exact) mass is 853 g/mol. The van der Waals surface area contributed by atoms with Gasteiger partial charge in [0.25, 0.3) is 5.91 Å². The molecule has 0 radical (unpaired) electrons. The molecule has 1 aromatic carbocycles. The van der Waals surface area contributed by atoms with Gasteiger partial charge in [0.15, 0.2) is 0 Å². The highest BCUT2D eigenvalue weighted by Gasteiger charge is 2.49. The largest absolute Gasteiger partial charge is 0.484 e. The number of hydrogen-bond donors (Lipinski definition) is 2. The van der Waals surface area contributed by atoms with Crippen LogP contribution in [0.2, 0.25) is 0 Å². The lowest BCUT2D eigenvalue weighted by atomic mass is 9.84. The summed E-state index contributed by atoms with van der Waals surface area (Å²) in [4.78, 5) is 54.3. The number of carbonyl (C=O) groups excluding carboxylic acids is 3. The Hall–Kier alpha value is -4.57. The van der Waals surface area contributed by atoms with E-state index in [1.807, 2.05) is 18.5 Å². The van der Waals surface area contributed by atoms with Gasteiger partial charge in [0.1, 0.15) is 23.4 Å². The summed E-state index contributed by atoms with van der Waals surface area (Å²) in [7, 11) is 1.71. The van der Waals surface area contributed by atoms with E-state index in [-0.39, 0.29) is 48.7 Å². The fourth-order valence-electron chi connectivity index (χ4n) is 9.70. The zero-order chi connectivity index (χ0) is 43.0. The minimum atomic E-state index is -0.868. The molecule has 61 heavy (non-hydrogen) atoms. The number of amides is 2. The maximum absolute atomic E-state index is 14.3. The molecule has 15 heteroatoms. The van der Waals surface area contributed by atoms with Gasteiger partial charge >= 0.3 is 5.97 Å². The van der Waals surface area contributed by atoms with Crippen LogP contribution in [0.5, 0.6) is 5.75 Å².